The van der Waals surface area contributed by atoms with Crippen LogP contribution in [0.25, 0.3) is 0 Å². The van der Waals surface area contributed by atoms with Crippen LogP contribution >= 0.6 is 0 Å². The van der Waals surface area contributed by atoms with Gasteiger partial charge in [0.1, 0.15) is 5.82 Å². The number of nitrogens with one attached hydrogen (secondary N) is 1. The summed E-state index contributed by atoms with van der Waals surface area (Å²) in [5, 5.41) is 3.56. The first-order valence-electron chi connectivity index (χ1n) is 5.95. The van der Waals surface area contributed by atoms with Crippen molar-refractivity contribution < 1.29 is 0 Å². The van der Waals surface area contributed by atoms with Crippen molar-refractivity contribution in [3.8, 4) is 0 Å². The van der Waals surface area contributed by atoms with Gasteiger partial charge in [-0.1, -0.05) is 20.8 Å². The topological polar surface area (TPSA) is 29.9 Å². The molecule has 1 N–H and O–H groups in total. The summed E-state index contributed by atoms with van der Waals surface area (Å²) in [6, 6.07) is 0.375. The summed E-state index contributed by atoms with van der Waals surface area (Å²) >= 11 is 0. The van der Waals surface area contributed by atoms with Gasteiger partial charge in [0.05, 0.1) is 6.04 Å². The molecule has 0 radical (unpaired) electrons. The number of aromatic nitrogens is 2. The Morgan fingerprint density at radius 1 is 1.40 bits per heavy atom. The van der Waals surface area contributed by atoms with E-state index in [0.717, 1.165) is 19.5 Å². The predicted molar refractivity (Wildman–Crippen MR) is 63.8 cm³/mol. The molecule has 1 unspecified atom stereocenters. The molecule has 86 valence electrons. The van der Waals surface area contributed by atoms with Gasteiger partial charge in [-0.05, 0) is 25.8 Å². The van der Waals surface area contributed by atoms with Crippen molar-refractivity contribution in [3.05, 3.63) is 18.2 Å². The van der Waals surface area contributed by atoms with E-state index in [0.29, 0.717) is 12.0 Å². The van der Waals surface area contributed by atoms with E-state index in [4.69, 9.17) is 0 Å². The molecular weight excluding hydrogens is 186 g/mol. The van der Waals surface area contributed by atoms with Crippen molar-refractivity contribution in [1.29, 1.82) is 0 Å². The Morgan fingerprint density at radius 2 is 2.13 bits per heavy atom. The lowest BCUT2D eigenvalue weighted by Gasteiger charge is -2.22. The molecule has 1 heterocycles. The largest absolute Gasteiger partial charge is 0.334 e. The fourth-order valence-corrected chi connectivity index (χ4v) is 1.79. The highest BCUT2D eigenvalue weighted by atomic mass is 15.1. The molecule has 15 heavy (non-hydrogen) atoms. The SMILES string of the molecule is CCCNC(c1nccn1CC)C(C)C. The molecule has 0 aromatic carbocycles. The lowest BCUT2D eigenvalue weighted by Crippen LogP contribution is -2.29. The lowest BCUT2D eigenvalue weighted by atomic mass is 10.0. The van der Waals surface area contributed by atoms with Crippen molar-refractivity contribution in [1.82, 2.24) is 14.9 Å². The maximum absolute atomic E-state index is 4.46. The first-order valence-corrected chi connectivity index (χ1v) is 5.95. The molecule has 0 amide bonds. The van der Waals surface area contributed by atoms with E-state index in [1.807, 2.05) is 6.20 Å². The van der Waals surface area contributed by atoms with E-state index in [2.05, 4.69) is 48.8 Å². The Balaban J connectivity index is 2.78. The summed E-state index contributed by atoms with van der Waals surface area (Å²) < 4.78 is 2.22. The van der Waals surface area contributed by atoms with Gasteiger partial charge in [0.25, 0.3) is 0 Å². The van der Waals surface area contributed by atoms with Crippen molar-refractivity contribution in [2.75, 3.05) is 6.54 Å². The minimum Gasteiger partial charge on any atom is -0.334 e. The quantitative estimate of drug-likeness (QED) is 0.780. The Hall–Kier alpha value is -0.830. The predicted octanol–water partition coefficient (Wildman–Crippen LogP) is 2.60. The highest BCUT2D eigenvalue weighted by Crippen LogP contribution is 2.19. The first kappa shape index (κ1) is 12.2. The summed E-state index contributed by atoms with van der Waals surface area (Å²) in [6.45, 7) is 10.9. The second-order valence-corrected chi connectivity index (χ2v) is 4.25. The smallest absolute Gasteiger partial charge is 0.126 e. The second-order valence-electron chi connectivity index (χ2n) is 4.25. The Bertz CT molecular complexity index is 278. The summed E-state index contributed by atoms with van der Waals surface area (Å²) in [6.07, 6.45) is 5.11. The zero-order chi connectivity index (χ0) is 11.3. The van der Waals surface area contributed by atoms with Crippen LogP contribution in [-0.4, -0.2) is 16.1 Å². The Labute approximate surface area is 92.9 Å². The molecule has 3 heteroatoms. The summed E-state index contributed by atoms with van der Waals surface area (Å²) in [7, 11) is 0. The average Bonchev–Trinajstić information content (AvgIpc) is 2.66. The zero-order valence-corrected chi connectivity index (χ0v) is 10.3. The van der Waals surface area contributed by atoms with E-state index in [1.54, 1.807) is 0 Å². The lowest BCUT2D eigenvalue weighted by molar-refractivity contribution is 0.382. The van der Waals surface area contributed by atoms with Gasteiger partial charge < -0.3 is 9.88 Å². The molecule has 0 aliphatic heterocycles. The molecule has 1 aromatic rings. The molecule has 0 saturated carbocycles. The monoisotopic (exact) mass is 209 g/mol. The maximum Gasteiger partial charge on any atom is 0.126 e. The fourth-order valence-electron chi connectivity index (χ4n) is 1.79. The maximum atomic E-state index is 4.46. The van der Waals surface area contributed by atoms with Crippen molar-refractivity contribution in [2.45, 2.75) is 46.7 Å². The summed E-state index contributed by atoms with van der Waals surface area (Å²) in [4.78, 5) is 4.46. The van der Waals surface area contributed by atoms with Crippen molar-refractivity contribution in [3.63, 3.8) is 0 Å². The van der Waals surface area contributed by atoms with Gasteiger partial charge in [0.2, 0.25) is 0 Å². The van der Waals surface area contributed by atoms with Crippen LogP contribution in [0.15, 0.2) is 12.4 Å². The number of hydrogen-bond donors (Lipinski definition) is 1. The number of hydrogen-bond acceptors (Lipinski definition) is 2. The third-order valence-electron chi connectivity index (χ3n) is 2.65. The number of aryl methyl sites for hydroxylation is 1. The molecular formula is C12H23N3. The van der Waals surface area contributed by atoms with E-state index in [9.17, 15) is 0 Å². The number of rotatable bonds is 6. The van der Waals surface area contributed by atoms with Crippen molar-refractivity contribution >= 4 is 0 Å². The van der Waals surface area contributed by atoms with Crippen LogP contribution in [0.5, 0.6) is 0 Å². The highest BCUT2D eigenvalue weighted by molar-refractivity contribution is 5.00. The molecule has 0 saturated heterocycles. The third-order valence-corrected chi connectivity index (χ3v) is 2.65. The Morgan fingerprint density at radius 3 is 2.67 bits per heavy atom. The Kier molecular flexibility index (Phi) is 4.82. The van der Waals surface area contributed by atoms with Crippen LogP contribution in [0, 0.1) is 5.92 Å². The van der Waals surface area contributed by atoms with E-state index < -0.39 is 0 Å². The molecule has 0 fully saturated rings. The standard InChI is InChI=1S/C12H23N3/c1-5-7-13-11(10(3)4)12-14-8-9-15(12)6-2/h8-11,13H,5-7H2,1-4H3. The fraction of sp³-hybridized carbons (Fsp3) is 0.750. The number of nitrogens with zero attached hydrogens (tertiary/aromatic N) is 2. The van der Waals surface area contributed by atoms with Gasteiger partial charge in [-0.2, -0.15) is 0 Å². The molecule has 0 bridgehead atoms. The molecule has 0 spiro atoms. The average molecular weight is 209 g/mol. The van der Waals surface area contributed by atoms with Crippen molar-refractivity contribution in [2.24, 2.45) is 5.92 Å². The zero-order valence-electron chi connectivity index (χ0n) is 10.3. The number of imidazole rings is 1. The van der Waals surface area contributed by atoms with Gasteiger partial charge in [-0.3, -0.25) is 0 Å². The molecule has 0 aliphatic rings. The summed E-state index contributed by atoms with van der Waals surface area (Å²) in [5.74, 6) is 1.74. The third kappa shape index (κ3) is 3.06. The minimum atomic E-state index is 0.375. The van der Waals surface area contributed by atoms with E-state index in [1.165, 1.54) is 5.82 Å². The van der Waals surface area contributed by atoms with Gasteiger partial charge in [-0.25, -0.2) is 4.98 Å². The van der Waals surface area contributed by atoms with Gasteiger partial charge in [-0.15, -0.1) is 0 Å². The minimum absolute atomic E-state index is 0.375. The summed E-state index contributed by atoms with van der Waals surface area (Å²) in [5.41, 5.74) is 0. The van der Waals surface area contributed by atoms with Crippen LogP contribution in [0.1, 0.15) is 46.0 Å². The molecule has 1 rings (SSSR count). The second kappa shape index (κ2) is 5.91. The van der Waals surface area contributed by atoms with Gasteiger partial charge in [0, 0.05) is 18.9 Å². The molecule has 1 aromatic heterocycles. The van der Waals surface area contributed by atoms with Crippen LogP contribution < -0.4 is 5.32 Å². The van der Waals surface area contributed by atoms with Crippen LogP contribution in [0.3, 0.4) is 0 Å². The van der Waals surface area contributed by atoms with Crippen LogP contribution in [-0.2, 0) is 6.54 Å². The van der Waals surface area contributed by atoms with Crippen LogP contribution in [0.2, 0.25) is 0 Å². The van der Waals surface area contributed by atoms with Gasteiger partial charge >= 0.3 is 0 Å². The first-order chi connectivity index (χ1) is 7.20. The van der Waals surface area contributed by atoms with E-state index in [-0.39, 0.29) is 0 Å². The normalized spacial score (nSPS) is 13.4. The molecule has 0 aliphatic carbocycles. The highest BCUT2D eigenvalue weighted by Gasteiger charge is 2.18. The molecule has 3 nitrogen and oxygen atoms in total. The van der Waals surface area contributed by atoms with Gasteiger partial charge in [0.15, 0.2) is 0 Å². The molecule has 1 atom stereocenters. The van der Waals surface area contributed by atoms with E-state index >= 15 is 0 Å². The van der Waals surface area contributed by atoms with Crippen LogP contribution in [0.4, 0.5) is 0 Å².